The zero-order chi connectivity index (χ0) is 14.3. The summed E-state index contributed by atoms with van der Waals surface area (Å²) >= 11 is 0. The van der Waals surface area contributed by atoms with Crippen LogP contribution in [0, 0.1) is 0 Å². The maximum Gasteiger partial charge on any atom is 0.152 e. The third kappa shape index (κ3) is 2.68. The van der Waals surface area contributed by atoms with Crippen molar-refractivity contribution in [2.24, 2.45) is 5.73 Å². The van der Waals surface area contributed by atoms with Crippen LogP contribution >= 0.6 is 0 Å². The molecule has 2 N–H and O–H groups in total. The van der Waals surface area contributed by atoms with E-state index >= 15 is 0 Å². The molecule has 3 atom stereocenters. The molecule has 0 radical (unpaired) electrons. The normalized spacial score (nSPS) is 38.7. The molecule has 0 bridgehead atoms. The largest absolute Gasteiger partial charge is 0.329 e. The van der Waals surface area contributed by atoms with Gasteiger partial charge in [0.2, 0.25) is 0 Å². The molecule has 1 heterocycles. The van der Waals surface area contributed by atoms with E-state index < -0.39 is 9.84 Å². The number of piperazine rings is 1. The van der Waals surface area contributed by atoms with Crippen LogP contribution in [0.3, 0.4) is 0 Å². The zero-order valence-electron chi connectivity index (χ0n) is 12.3. The third-order valence-electron chi connectivity index (χ3n) is 4.95. The fourth-order valence-corrected chi connectivity index (χ4v) is 5.86. The Morgan fingerprint density at radius 1 is 1.37 bits per heavy atom. The molecular weight excluding hydrogens is 262 g/mol. The standard InChI is InChI=1S/C13H27N3O2S/c1-11-9-15(2)7-8-16(11)13(10-14)6-4-5-12(13)19(3,17)18/h11-12H,4-10,14H2,1-3H3. The number of rotatable bonds is 3. The van der Waals surface area contributed by atoms with Crippen molar-refractivity contribution in [2.75, 3.05) is 39.5 Å². The predicted octanol–water partition coefficient (Wildman–Crippen LogP) is -0.0831. The van der Waals surface area contributed by atoms with E-state index in [2.05, 4.69) is 23.8 Å². The first-order valence-electron chi connectivity index (χ1n) is 7.15. The van der Waals surface area contributed by atoms with E-state index in [1.165, 1.54) is 6.26 Å². The van der Waals surface area contributed by atoms with Crippen LogP contribution in [0.25, 0.3) is 0 Å². The van der Waals surface area contributed by atoms with E-state index in [1.54, 1.807) is 0 Å². The second-order valence-electron chi connectivity index (χ2n) is 6.32. The molecule has 1 aliphatic heterocycles. The van der Waals surface area contributed by atoms with Gasteiger partial charge in [0.05, 0.1) is 10.8 Å². The summed E-state index contributed by atoms with van der Waals surface area (Å²) in [4.78, 5) is 4.68. The summed E-state index contributed by atoms with van der Waals surface area (Å²) in [5.74, 6) is 0. The first kappa shape index (κ1) is 15.2. The van der Waals surface area contributed by atoms with Crippen LogP contribution in [0.4, 0.5) is 0 Å². The quantitative estimate of drug-likeness (QED) is 0.787. The summed E-state index contributed by atoms with van der Waals surface area (Å²) in [6.45, 7) is 5.52. The molecule has 19 heavy (non-hydrogen) atoms. The topological polar surface area (TPSA) is 66.6 Å². The highest BCUT2D eigenvalue weighted by molar-refractivity contribution is 7.91. The van der Waals surface area contributed by atoms with E-state index in [9.17, 15) is 8.42 Å². The van der Waals surface area contributed by atoms with Crippen LogP contribution in [-0.4, -0.2) is 74.5 Å². The fourth-order valence-electron chi connectivity index (χ4n) is 4.12. The lowest BCUT2D eigenvalue weighted by Crippen LogP contribution is -2.67. The van der Waals surface area contributed by atoms with Crippen molar-refractivity contribution >= 4 is 9.84 Å². The molecule has 112 valence electrons. The Kier molecular flexibility index (Phi) is 4.26. The Morgan fingerprint density at radius 2 is 2.05 bits per heavy atom. The van der Waals surface area contributed by atoms with Crippen LogP contribution < -0.4 is 5.73 Å². The van der Waals surface area contributed by atoms with E-state index in [1.807, 2.05) is 0 Å². The van der Waals surface area contributed by atoms with Gasteiger partial charge < -0.3 is 10.6 Å². The monoisotopic (exact) mass is 289 g/mol. The summed E-state index contributed by atoms with van der Waals surface area (Å²) in [5, 5.41) is -0.296. The maximum atomic E-state index is 12.1. The Bertz CT molecular complexity index is 426. The first-order chi connectivity index (χ1) is 8.81. The van der Waals surface area contributed by atoms with Gasteiger partial charge in [0, 0.05) is 38.5 Å². The summed E-state index contributed by atoms with van der Waals surface area (Å²) < 4.78 is 24.3. The molecule has 6 heteroatoms. The van der Waals surface area contributed by atoms with Gasteiger partial charge in [-0.2, -0.15) is 0 Å². The maximum absolute atomic E-state index is 12.1. The Balaban J connectivity index is 2.32. The van der Waals surface area contributed by atoms with Gasteiger partial charge in [0.15, 0.2) is 9.84 Å². The van der Waals surface area contributed by atoms with Crippen molar-refractivity contribution in [3.05, 3.63) is 0 Å². The van der Waals surface area contributed by atoms with E-state index in [0.717, 1.165) is 38.9 Å². The summed E-state index contributed by atoms with van der Waals surface area (Å²) in [6.07, 6.45) is 4.01. The van der Waals surface area contributed by atoms with Gasteiger partial charge in [-0.15, -0.1) is 0 Å². The zero-order valence-corrected chi connectivity index (χ0v) is 13.1. The average molecular weight is 289 g/mol. The second kappa shape index (κ2) is 5.31. The fraction of sp³-hybridized carbons (Fsp3) is 1.00. The van der Waals surface area contributed by atoms with Gasteiger partial charge in [-0.1, -0.05) is 6.42 Å². The molecule has 2 rings (SSSR count). The Hall–Kier alpha value is -0.170. The SMILES string of the molecule is CC1CN(C)CCN1C1(CN)CCCC1S(C)(=O)=O. The minimum Gasteiger partial charge on any atom is -0.329 e. The molecule has 3 unspecified atom stereocenters. The lowest BCUT2D eigenvalue weighted by Gasteiger charge is -2.51. The van der Waals surface area contributed by atoms with Crippen molar-refractivity contribution in [2.45, 2.75) is 43.0 Å². The summed E-state index contributed by atoms with van der Waals surface area (Å²) in [7, 11) is -0.927. The van der Waals surface area contributed by atoms with Crippen molar-refractivity contribution in [1.29, 1.82) is 0 Å². The minimum atomic E-state index is -3.04. The minimum absolute atomic E-state index is 0.296. The molecule has 0 aromatic rings. The smallest absolute Gasteiger partial charge is 0.152 e. The molecule has 2 fully saturated rings. The van der Waals surface area contributed by atoms with Crippen molar-refractivity contribution in [3.8, 4) is 0 Å². The highest BCUT2D eigenvalue weighted by atomic mass is 32.2. The molecule has 2 aliphatic rings. The highest BCUT2D eigenvalue weighted by Gasteiger charge is 2.52. The van der Waals surface area contributed by atoms with Crippen molar-refractivity contribution < 1.29 is 8.42 Å². The molecule has 5 nitrogen and oxygen atoms in total. The molecule has 0 spiro atoms. The second-order valence-corrected chi connectivity index (χ2v) is 8.55. The first-order valence-corrected chi connectivity index (χ1v) is 9.11. The van der Waals surface area contributed by atoms with E-state index in [-0.39, 0.29) is 10.8 Å². The van der Waals surface area contributed by atoms with Crippen molar-refractivity contribution in [1.82, 2.24) is 9.80 Å². The van der Waals surface area contributed by atoms with Crippen LogP contribution in [0.15, 0.2) is 0 Å². The summed E-state index contributed by atoms with van der Waals surface area (Å²) in [5.41, 5.74) is 5.72. The molecule has 1 saturated carbocycles. The predicted molar refractivity (Wildman–Crippen MR) is 77.9 cm³/mol. The Labute approximate surface area is 117 Å². The lowest BCUT2D eigenvalue weighted by atomic mass is 9.91. The molecule has 0 amide bonds. The van der Waals surface area contributed by atoms with E-state index in [4.69, 9.17) is 5.73 Å². The summed E-state index contributed by atoms with van der Waals surface area (Å²) in [6, 6.07) is 0.365. The van der Waals surface area contributed by atoms with Gasteiger partial charge in [-0.3, -0.25) is 4.90 Å². The average Bonchev–Trinajstić information content (AvgIpc) is 2.73. The number of nitrogens with two attached hydrogens (primary N) is 1. The number of likely N-dealkylation sites (N-methyl/N-ethyl adjacent to an activating group) is 1. The van der Waals surface area contributed by atoms with Gasteiger partial charge in [0.25, 0.3) is 0 Å². The van der Waals surface area contributed by atoms with Gasteiger partial charge in [-0.05, 0) is 26.8 Å². The van der Waals surface area contributed by atoms with Gasteiger partial charge in [-0.25, -0.2) is 8.42 Å². The van der Waals surface area contributed by atoms with Crippen molar-refractivity contribution in [3.63, 3.8) is 0 Å². The Morgan fingerprint density at radius 3 is 2.58 bits per heavy atom. The third-order valence-corrected chi connectivity index (χ3v) is 6.66. The van der Waals surface area contributed by atoms with Gasteiger partial charge in [0.1, 0.15) is 0 Å². The molecule has 1 saturated heterocycles. The van der Waals surface area contributed by atoms with Crippen LogP contribution in [-0.2, 0) is 9.84 Å². The van der Waals surface area contributed by atoms with Crippen LogP contribution in [0.5, 0.6) is 0 Å². The van der Waals surface area contributed by atoms with Crippen LogP contribution in [0.1, 0.15) is 26.2 Å². The number of sulfone groups is 1. The van der Waals surface area contributed by atoms with Crippen LogP contribution in [0.2, 0.25) is 0 Å². The molecule has 1 aliphatic carbocycles. The van der Waals surface area contributed by atoms with E-state index in [0.29, 0.717) is 12.6 Å². The molecule has 0 aromatic heterocycles. The molecular formula is C13H27N3O2S. The number of hydrogen-bond donors (Lipinski definition) is 1. The number of hydrogen-bond acceptors (Lipinski definition) is 5. The molecule has 0 aromatic carbocycles. The van der Waals surface area contributed by atoms with Gasteiger partial charge >= 0.3 is 0 Å². The lowest BCUT2D eigenvalue weighted by molar-refractivity contribution is 0.00805. The highest BCUT2D eigenvalue weighted by Crippen LogP contribution is 2.40. The number of nitrogens with zero attached hydrogens (tertiary/aromatic N) is 2.